The Balaban J connectivity index is 1.32. The van der Waals surface area contributed by atoms with Crippen LogP contribution in [0.5, 0.6) is 5.75 Å². The standard InChI is InChI=1S/C27H33FN2O4S/c1-33-21-4-6-26-24(16-21)23(7-10-29-26)25(28)5-3-19-8-12-30(17-20(19)15-27(31)32)11-2-14-35-22-9-13-34-18-22/h4,6-7,9-10,13,16,18-20,25H,2-3,5,8,11-12,14-15,17H2,1H3,(H,31,32)/t19-,20+,25?/m1/s1. The number of ether oxygens (including phenoxy) is 1. The zero-order valence-electron chi connectivity index (χ0n) is 20.1. The van der Waals surface area contributed by atoms with E-state index in [1.54, 1.807) is 43.7 Å². The van der Waals surface area contributed by atoms with Crippen LogP contribution in [-0.4, -0.2) is 53.5 Å². The van der Waals surface area contributed by atoms with Gasteiger partial charge in [0.05, 0.1) is 18.9 Å². The largest absolute Gasteiger partial charge is 0.497 e. The first kappa shape index (κ1) is 25.5. The Morgan fingerprint density at radius 3 is 3.00 bits per heavy atom. The molecular formula is C27H33FN2O4S. The quantitative estimate of drug-likeness (QED) is 0.234. The number of thioether (sulfide) groups is 1. The first-order valence-electron chi connectivity index (χ1n) is 12.2. The first-order chi connectivity index (χ1) is 17.0. The molecule has 0 spiro atoms. The van der Waals surface area contributed by atoms with Gasteiger partial charge in [-0.2, -0.15) is 0 Å². The van der Waals surface area contributed by atoms with Gasteiger partial charge in [0.15, 0.2) is 0 Å². The number of benzene rings is 1. The number of aliphatic carboxylic acids is 1. The molecule has 1 saturated heterocycles. The summed E-state index contributed by atoms with van der Waals surface area (Å²) >= 11 is 1.77. The number of furan rings is 1. The maximum atomic E-state index is 15.4. The lowest BCUT2D eigenvalue weighted by Crippen LogP contribution is -2.42. The SMILES string of the molecule is COc1ccc2nccc(C(F)CC[C@@H]3CCN(CCCSc4ccoc4)C[C@@H]3CC(=O)O)c2c1. The monoisotopic (exact) mass is 500 g/mol. The van der Waals surface area contributed by atoms with E-state index >= 15 is 4.39 Å². The van der Waals surface area contributed by atoms with Gasteiger partial charge < -0.3 is 19.2 Å². The molecule has 3 aromatic rings. The Bertz CT molecular complexity index is 1090. The Hall–Kier alpha value is -2.58. The lowest BCUT2D eigenvalue weighted by Gasteiger charge is -2.38. The fourth-order valence-corrected chi connectivity index (χ4v) is 5.85. The van der Waals surface area contributed by atoms with Crippen LogP contribution in [0.3, 0.4) is 0 Å². The van der Waals surface area contributed by atoms with Gasteiger partial charge in [-0.3, -0.25) is 9.78 Å². The van der Waals surface area contributed by atoms with Gasteiger partial charge in [0.25, 0.3) is 0 Å². The van der Waals surface area contributed by atoms with Crippen LogP contribution in [0.15, 0.2) is 58.4 Å². The summed E-state index contributed by atoms with van der Waals surface area (Å²) < 4.78 is 25.9. The van der Waals surface area contributed by atoms with Crippen molar-refractivity contribution in [2.45, 2.75) is 43.2 Å². The highest BCUT2D eigenvalue weighted by molar-refractivity contribution is 7.99. The minimum absolute atomic E-state index is 0.0456. The van der Waals surface area contributed by atoms with Crippen LogP contribution in [0.2, 0.25) is 0 Å². The van der Waals surface area contributed by atoms with E-state index in [0.717, 1.165) is 54.0 Å². The highest BCUT2D eigenvalue weighted by Gasteiger charge is 2.31. The maximum absolute atomic E-state index is 15.4. The Morgan fingerprint density at radius 1 is 1.34 bits per heavy atom. The predicted octanol–water partition coefficient (Wildman–Crippen LogP) is 6.22. The maximum Gasteiger partial charge on any atom is 0.303 e. The molecule has 4 rings (SSSR count). The number of alkyl halides is 1. The third-order valence-electron chi connectivity index (χ3n) is 6.91. The van der Waals surface area contributed by atoms with Crippen LogP contribution in [0.1, 0.15) is 43.8 Å². The Morgan fingerprint density at radius 2 is 2.23 bits per heavy atom. The Kier molecular flexibility index (Phi) is 9.04. The zero-order valence-corrected chi connectivity index (χ0v) is 20.9. The second-order valence-corrected chi connectivity index (χ2v) is 10.4. The molecule has 1 fully saturated rings. The first-order valence-corrected chi connectivity index (χ1v) is 13.2. The molecule has 0 radical (unpaired) electrons. The lowest BCUT2D eigenvalue weighted by atomic mass is 9.79. The lowest BCUT2D eigenvalue weighted by molar-refractivity contribution is -0.139. The summed E-state index contributed by atoms with van der Waals surface area (Å²) in [5, 5.41) is 10.3. The molecule has 2 aromatic heterocycles. The number of carbonyl (C=O) groups is 1. The number of likely N-dealkylation sites (tertiary alicyclic amines) is 1. The van der Waals surface area contributed by atoms with Crippen molar-refractivity contribution < 1.29 is 23.4 Å². The van der Waals surface area contributed by atoms with Crippen molar-refractivity contribution in [3.63, 3.8) is 0 Å². The van der Waals surface area contributed by atoms with Crippen LogP contribution >= 0.6 is 11.8 Å². The van der Waals surface area contributed by atoms with E-state index in [9.17, 15) is 9.90 Å². The molecule has 0 amide bonds. The molecule has 1 N–H and O–H groups in total. The number of hydrogen-bond acceptors (Lipinski definition) is 6. The van der Waals surface area contributed by atoms with Crippen LogP contribution in [0, 0.1) is 11.8 Å². The summed E-state index contributed by atoms with van der Waals surface area (Å²) in [7, 11) is 1.59. The van der Waals surface area contributed by atoms with Crippen molar-refractivity contribution >= 4 is 28.6 Å². The number of hydrogen-bond donors (Lipinski definition) is 1. The molecule has 0 saturated carbocycles. The van der Waals surface area contributed by atoms with Gasteiger partial charge in [-0.15, -0.1) is 11.8 Å². The molecule has 1 aromatic carbocycles. The molecule has 35 heavy (non-hydrogen) atoms. The van der Waals surface area contributed by atoms with Crippen molar-refractivity contribution in [1.82, 2.24) is 9.88 Å². The number of carboxylic acid groups (broad SMARTS) is 1. The second-order valence-electron chi connectivity index (χ2n) is 9.20. The number of rotatable bonds is 12. The average Bonchev–Trinajstić information content (AvgIpc) is 3.38. The molecule has 1 aliphatic rings. The van der Waals surface area contributed by atoms with Crippen LogP contribution in [0.25, 0.3) is 10.9 Å². The molecule has 3 heterocycles. The van der Waals surface area contributed by atoms with E-state index in [4.69, 9.17) is 9.15 Å². The molecule has 3 atom stereocenters. The summed E-state index contributed by atoms with van der Waals surface area (Å²) in [4.78, 5) is 19.4. The molecule has 1 aliphatic heterocycles. The minimum atomic E-state index is -1.13. The fraction of sp³-hybridized carbons (Fsp3) is 0.481. The molecule has 0 aliphatic carbocycles. The van der Waals surface area contributed by atoms with Gasteiger partial charge in [-0.1, -0.05) is 0 Å². The van der Waals surface area contributed by atoms with Gasteiger partial charge in [0, 0.05) is 29.4 Å². The number of carboxylic acids is 1. The molecule has 188 valence electrons. The number of pyridine rings is 1. The highest BCUT2D eigenvalue weighted by Crippen LogP contribution is 2.36. The summed E-state index contributed by atoms with van der Waals surface area (Å²) in [5.41, 5.74) is 1.37. The molecule has 1 unspecified atom stereocenters. The number of aromatic nitrogens is 1. The normalized spacial score (nSPS) is 19.6. The third kappa shape index (κ3) is 6.98. The topological polar surface area (TPSA) is 75.8 Å². The number of halogens is 1. The zero-order chi connectivity index (χ0) is 24.6. The average molecular weight is 501 g/mol. The minimum Gasteiger partial charge on any atom is -0.497 e. The molecule has 0 bridgehead atoms. The third-order valence-corrected chi connectivity index (χ3v) is 7.96. The van der Waals surface area contributed by atoms with Crippen molar-refractivity contribution in [3.05, 3.63) is 54.6 Å². The van der Waals surface area contributed by atoms with Gasteiger partial charge >= 0.3 is 5.97 Å². The van der Waals surface area contributed by atoms with E-state index in [-0.39, 0.29) is 18.3 Å². The summed E-state index contributed by atoms with van der Waals surface area (Å²) in [6.07, 6.45) is 7.08. The molecular weight excluding hydrogens is 467 g/mol. The number of methoxy groups -OCH3 is 1. The summed E-state index contributed by atoms with van der Waals surface area (Å²) in [5.74, 6) is 1.15. The van der Waals surface area contributed by atoms with Crippen molar-refractivity contribution in [1.29, 1.82) is 0 Å². The van der Waals surface area contributed by atoms with Gasteiger partial charge in [0.2, 0.25) is 0 Å². The number of fused-ring (bicyclic) bond motifs is 1. The van der Waals surface area contributed by atoms with Crippen molar-refractivity contribution in [3.8, 4) is 5.75 Å². The number of nitrogens with zero attached hydrogens (tertiary/aromatic N) is 2. The van der Waals surface area contributed by atoms with E-state index in [1.165, 1.54) is 0 Å². The van der Waals surface area contributed by atoms with Gasteiger partial charge in [-0.25, -0.2) is 4.39 Å². The van der Waals surface area contributed by atoms with Crippen LogP contribution in [0.4, 0.5) is 4.39 Å². The molecule has 8 heteroatoms. The number of piperidine rings is 1. The van der Waals surface area contributed by atoms with Crippen molar-refractivity contribution in [2.24, 2.45) is 11.8 Å². The summed E-state index contributed by atoms with van der Waals surface area (Å²) in [6, 6.07) is 9.21. The molecule has 6 nitrogen and oxygen atoms in total. The fourth-order valence-electron chi connectivity index (χ4n) is 5.07. The van der Waals surface area contributed by atoms with Gasteiger partial charge in [-0.05, 0) is 92.3 Å². The van der Waals surface area contributed by atoms with Crippen LogP contribution in [-0.2, 0) is 4.79 Å². The predicted molar refractivity (Wildman–Crippen MR) is 136 cm³/mol. The smallest absolute Gasteiger partial charge is 0.303 e. The van der Waals surface area contributed by atoms with Crippen molar-refractivity contribution in [2.75, 3.05) is 32.5 Å². The second kappa shape index (κ2) is 12.4. The van der Waals surface area contributed by atoms with E-state index in [2.05, 4.69) is 9.88 Å². The summed E-state index contributed by atoms with van der Waals surface area (Å²) in [6.45, 7) is 2.65. The highest BCUT2D eigenvalue weighted by atomic mass is 32.2. The van der Waals surface area contributed by atoms with E-state index in [0.29, 0.717) is 24.2 Å². The van der Waals surface area contributed by atoms with Gasteiger partial charge in [0.1, 0.15) is 18.2 Å². The van der Waals surface area contributed by atoms with E-state index in [1.807, 2.05) is 24.3 Å². The van der Waals surface area contributed by atoms with Crippen LogP contribution < -0.4 is 4.74 Å². The Labute approximate surface area is 209 Å². The van der Waals surface area contributed by atoms with E-state index < -0.39 is 12.1 Å².